The van der Waals surface area contributed by atoms with Crippen LogP contribution in [0.3, 0.4) is 0 Å². The molecule has 2 unspecified atom stereocenters. The number of guanidine groups is 1. The minimum absolute atomic E-state index is 0.0346. The van der Waals surface area contributed by atoms with Crippen molar-refractivity contribution in [2.45, 2.75) is 38.0 Å². The third-order valence-corrected chi connectivity index (χ3v) is 6.88. The zero-order chi connectivity index (χ0) is 27.1. The van der Waals surface area contributed by atoms with Crippen molar-refractivity contribution in [2.24, 2.45) is 10.7 Å². The second kappa shape index (κ2) is 9.84. The number of benzene rings is 2. The Bertz CT molecular complexity index is 1380. The molecule has 0 spiro atoms. The highest BCUT2D eigenvalue weighted by Crippen LogP contribution is 2.39. The van der Waals surface area contributed by atoms with E-state index in [-0.39, 0.29) is 18.8 Å². The topological polar surface area (TPSA) is 96.4 Å². The van der Waals surface area contributed by atoms with Crippen LogP contribution in [0.2, 0.25) is 0 Å². The molecule has 200 valence electrons. The summed E-state index contributed by atoms with van der Waals surface area (Å²) in [4.78, 5) is 10.0. The van der Waals surface area contributed by atoms with Crippen LogP contribution in [0.5, 0.6) is 0 Å². The van der Waals surface area contributed by atoms with E-state index in [9.17, 15) is 17.6 Å². The Hall–Kier alpha value is -3.77. The van der Waals surface area contributed by atoms with Crippen molar-refractivity contribution in [3.63, 3.8) is 0 Å². The number of hydrogen-bond donors (Lipinski definition) is 3. The van der Waals surface area contributed by atoms with Gasteiger partial charge in [0.05, 0.1) is 6.54 Å². The van der Waals surface area contributed by atoms with Crippen molar-refractivity contribution in [1.82, 2.24) is 25.0 Å². The molecule has 38 heavy (non-hydrogen) atoms. The van der Waals surface area contributed by atoms with Crippen molar-refractivity contribution in [2.75, 3.05) is 25.0 Å². The molecule has 3 heterocycles. The summed E-state index contributed by atoms with van der Waals surface area (Å²) < 4.78 is 56.5. The number of hydrogen-bond acceptors (Lipinski definition) is 7. The molecule has 4 N–H and O–H groups in total. The fraction of sp³-hybridized carbons (Fsp3) is 0.346. The monoisotopic (exact) mass is 528 g/mol. The first-order valence-corrected chi connectivity index (χ1v) is 12.2. The predicted molar refractivity (Wildman–Crippen MR) is 136 cm³/mol. The maximum atomic E-state index is 15.0. The van der Waals surface area contributed by atoms with Crippen molar-refractivity contribution >= 4 is 11.6 Å². The highest BCUT2D eigenvalue weighted by molar-refractivity contribution is 5.96. The molecular weight excluding hydrogens is 500 g/mol. The second-order valence-corrected chi connectivity index (χ2v) is 9.51. The van der Waals surface area contributed by atoms with Crippen LogP contribution in [-0.4, -0.2) is 57.1 Å². The SMILES string of the molecule is CCC1(N)N=C(Nc2ccc(-n3ncnc3C)c(F)c2)NC2=C1CN(CC(F)(F)F)CC2c1ccccc1. The van der Waals surface area contributed by atoms with Crippen LogP contribution < -0.4 is 16.4 Å². The molecule has 3 aromatic rings. The lowest BCUT2D eigenvalue weighted by molar-refractivity contribution is -0.146. The van der Waals surface area contributed by atoms with Crippen LogP contribution in [0, 0.1) is 12.7 Å². The van der Waals surface area contributed by atoms with E-state index in [2.05, 4.69) is 25.7 Å². The summed E-state index contributed by atoms with van der Waals surface area (Å²) >= 11 is 0. The Balaban J connectivity index is 1.47. The molecule has 12 heteroatoms. The zero-order valence-corrected chi connectivity index (χ0v) is 20.9. The Morgan fingerprint density at radius 3 is 2.58 bits per heavy atom. The first kappa shape index (κ1) is 25.9. The summed E-state index contributed by atoms with van der Waals surface area (Å²) in [5.74, 6) is -0.0695. The Kier molecular flexibility index (Phi) is 6.70. The summed E-state index contributed by atoms with van der Waals surface area (Å²) in [5, 5.41) is 10.4. The molecule has 0 radical (unpaired) electrons. The first-order chi connectivity index (χ1) is 18.1. The van der Waals surface area contributed by atoms with Gasteiger partial charge in [-0.25, -0.2) is 19.0 Å². The molecule has 8 nitrogen and oxygen atoms in total. The van der Waals surface area contributed by atoms with Crippen LogP contribution >= 0.6 is 0 Å². The molecular formula is C26H28F4N8. The van der Waals surface area contributed by atoms with Crippen LogP contribution in [0.15, 0.2) is 71.1 Å². The van der Waals surface area contributed by atoms with E-state index in [1.54, 1.807) is 19.1 Å². The molecule has 2 aromatic carbocycles. The van der Waals surface area contributed by atoms with Crippen molar-refractivity contribution < 1.29 is 17.6 Å². The summed E-state index contributed by atoms with van der Waals surface area (Å²) in [6.45, 7) is 2.71. The number of nitrogens with zero attached hydrogens (tertiary/aromatic N) is 5. The average molecular weight is 529 g/mol. The molecule has 0 saturated heterocycles. The predicted octanol–water partition coefficient (Wildman–Crippen LogP) is 4.07. The third-order valence-electron chi connectivity index (χ3n) is 6.88. The van der Waals surface area contributed by atoms with E-state index in [0.717, 1.165) is 5.56 Å². The van der Waals surface area contributed by atoms with Gasteiger partial charge in [-0.15, -0.1) is 0 Å². The number of nitrogens with one attached hydrogen (secondary N) is 2. The van der Waals surface area contributed by atoms with Crippen molar-refractivity contribution in [3.8, 4) is 5.69 Å². The highest BCUT2D eigenvalue weighted by atomic mass is 19.4. The summed E-state index contributed by atoms with van der Waals surface area (Å²) in [5.41, 5.74) is 8.34. The Labute approximate surface area is 217 Å². The highest BCUT2D eigenvalue weighted by Gasteiger charge is 2.43. The van der Waals surface area contributed by atoms with Gasteiger partial charge in [0, 0.05) is 36.0 Å². The zero-order valence-electron chi connectivity index (χ0n) is 20.9. The largest absolute Gasteiger partial charge is 0.401 e. The summed E-state index contributed by atoms with van der Waals surface area (Å²) in [6.07, 6.45) is -2.64. The molecule has 2 atom stereocenters. The molecule has 0 bridgehead atoms. The van der Waals surface area contributed by atoms with E-state index in [1.807, 2.05) is 37.3 Å². The van der Waals surface area contributed by atoms with E-state index in [4.69, 9.17) is 5.73 Å². The van der Waals surface area contributed by atoms with E-state index < -0.39 is 30.1 Å². The number of rotatable bonds is 5. The van der Waals surface area contributed by atoms with Crippen LogP contribution in [0.25, 0.3) is 5.69 Å². The molecule has 2 aliphatic rings. The van der Waals surface area contributed by atoms with Gasteiger partial charge in [0.25, 0.3) is 0 Å². The molecule has 0 saturated carbocycles. The van der Waals surface area contributed by atoms with Gasteiger partial charge in [-0.1, -0.05) is 37.3 Å². The third kappa shape index (κ3) is 5.14. The van der Waals surface area contributed by atoms with E-state index in [0.29, 0.717) is 35.2 Å². The normalized spacial score (nSPS) is 22.1. The number of anilines is 1. The van der Waals surface area contributed by atoms with Gasteiger partial charge in [0.15, 0.2) is 5.82 Å². The smallest absolute Gasteiger partial charge is 0.329 e. The van der Waals surface area contributed by atoms with Gasteiger partial charge in [-0.3, -0.25) is 4.90 Å². The fourth-order valence-electron chi connectivity index (χ4n) is 5.00. The molecule has 0 fully saturated rings. The van der Waals surface area contributed by atoms with Crippen LogP contribution in [-0.2, 0) is 0 Å². The van der Waals surface area contributed by atoms with E-state index >= 15 is 0 Å². The quantitative estimate of drug-likeness (QED) is 0.432. The van der Waals surface area contributed by atoms with E-state index in [1.165, 1.54) is 22.0 Å². The minimum Gasteiger partial charge on any atom is -0.329 e. The lowest BCUT2D eigenvalue weighted by Crippen LogP contribution is -2.56. The fourth-order valence-corrected chi connectivity index (χ4v) is 5.00. The molecule has 1 aromatic heterocycles. The molecule has 0 amide bonds. The maximum absolute atomic E-state index is 15.0. The summed E-state index contributed by atoms with van der Waals surface area (Å²) in [7, 11) is 0. The Morgan fingerprint density at radius 2 is 1.95 bits per heavy atom. The van der Waals surface area contributed by atoms with Gasteiger partial charge in [0.2, 0.25) is 5.96 Å². The maximum Gasteiger partial charge on any atom is 0.401 e. The van der Waals surface area contributed by atoms with Crippen molar-refractivity contribution in [3.05, 3.63) is 83.3 Å². The van der Waals surface area contributed by atoms with Crippen molar-refractivity contribution in [1.29, 1.82) is 0 Å². The molecule has 0 aliphatic carbocycles. The van der Waals surface area contributed by atoms with Gasteiger partial charge >= 0.3 is 6.18 Å². The van der Waals surface area contributed by atoms with Crippen LogP contribution in [0.4, 0.5) is 23.2 Å². The van der Waals surface area contributed by atoms with Gasteiger partial charge in [-0.2, -0.15) is 18.3 Å². The standard InChI is InChI=1S/C26H28F4N8/c1-3-25(31)20-13-37(14-26(28,29)30)12-19(17-7-5-4-6-8-17)23(20)35-24(36-25)34-18-9-10-22(21(27)11-18)38-16(2)32-15-33-38/h4-11,15,19H,3,12-14,31H2,1-2H3,(H2,34,35,36). The molecule has 5 rings (SSSR count). The lowest BCUT2D eigenvalue weighted by Gasteiger charge is -2.44. The van der Waals surface area contributed by atoms with Gasteiger partial charge in [-0.05, 0) is 37.1 Å². The Morgan fingerprint density at radius 1 is 1.18 bits per heavy atom. The number of nitrogens with two attached hydrogens (primary N) is 1. The first-order valence-electron chi connectivity index (χ1n) is 12.2. The minimum atomic E-state index is -4.35. The second-order valence-electron chi connectivity index (χ2n) is 9.51. The number of aromatic nitrogens is 3. The number of aryl methyl sites for hydroxylation is 1. The lowest BCUT2D eigenvalue weighted by atomic mass is 9.82. The summed E-state index contributed by atoms with van der Waals surface area (Å²) in [6, 6.07) is 13.9. The van der Waals surface area contributed by atoms with Crippen LogP contribution in [0.1, 0.15) is 30.7 Å². The number of aliphatic imine (C=N–C) groups is 1. The number of halogens is 4. The van der Waals surface area contributed by atoms with Gasteiger partial charge in [0.1, 0.15) is 23.5 Å². The van der Waals surface area contributed by atoms with Gasteiger partial charge < -0.3 is 16.4 Å². The average Bonchev–Trinajstić information content (AvgIpc) is 3.29. The molecule has 2 aliphatic heterocycles. The number of alkyl halides is 3.